The van der Waals surface area contributed by atoms with Gasteiger partial charge in [0, 0.05) is 16.8 Å². The van der Waals surface area contributed by atoms with E-state index in [1.165, 1.54) is 44.5 Å². The lowest BCUT2D eigenvalue weighted by molar-refractivity contribution is 0.867. The summed E-state index contributed by atoms with van der Waals surface area (Å²) in [5, 5.41) is 2.54. The summed E-state index contributed by atoms with van der Waals surface area (Å²) in [4.78, 5) is 2.41. The molecule has 0 aromatic heterocycles. The van der Waals surface area contributed by atoms with Gasteiger partial charge < -0.3 is 4.90 Å². The predicted octanol–water partition coefficient (Wildman–Crippen LogP) is 9.10. The van der Waals surface area contributed by atoms with Crippen LogP contribution in [0.2, 0.25) is 0 Å². The van der Waals surface area contributed by atoms with Crippen molar-refractivity contribution in [2.45, 2.75) is 19.8 Å². The van der Waals surface area contributed by atoms with Gasteiger partial charge in [0.05, 0.1) is 5.69 Å². The van der Waals surface area contributed by atoms with Crippen LogP contribution in [0, 0.1) is 0 Å². The van der Waals surface area contributed by atoms with Gasteiger partial charge in [0.1, 0.15) is 0 Å². The average Bonchev–Trinajstić information content (AvgIpc) is 2.86. The Balaban J connectivity index is 1.88. The van der Waals surface area contributed by atoms with Gasteiger partial charge in [-0.3, -0.25) is 0 Å². The van der Waals surface area contributed by atoms with Crippen molar-refractivity contribution in [1.82, 2.24) is 0 Å². The van der Waals surface area contributed by atoms with Crippen molar-refractivity contribution in [1.29, 1.82) is 0 Å². The van der Waals surface area contributed by atoms with Crippen LogP contribution in [0.4, 0.5) is 17.1 Å². The standard InChI is InChI=1S/C31H27N/c1-23(2)29-22-30(24-14-6-3-7-15-24)27-20-12-13-21-28(27)31(29)32(25-16-8-4-9-17-25)26-18-10-5-11-19-26/h3-23H,1-2H3. The minimum absolute atomic E-state index is 0.368. The third-order valence-electron chi connectivity index (χ3n) is 6.00. The molecule has 0 saturated carbocycles. The molecule has 0 atom stereocenters. The third-order valence-corrected chi connectivity index (χ3v) is 6.00. The minimum Gasteiger partial charge on any atom is -0.310 e. The van der Waals surface area contributed by atoms with Gasteiger partial charge in [0.2, 0.25) is 0 Å². The average molecular weight is 414 g/mol. The first-order valence-corrected chi connectivity index (χ1v) is 11.3. The molecule has 0 saturated heterocycles. The summed E-state index contributed by atoms with van der Waals surface area (Å²) < 4.78 is 0. The van der Waals surface area contributed by atoms with E-state index in [1.807, 2.05) is 0 Å². The molecule has 0 amide bonds. The van der Waals surface area contributed by atoms with E-state index < -0.39 is 0 Å². The zero-order valence-corrected chi connectivity index (χ0v) is 18.6. The van der Waals surface area contributed by atoms with E-state index in [0.29, 0.717) is 5.92 Å². The highest BCUT2D eigenvalue weighted by Crippen LogP contribution is 2.46. The number of hydrogen-bond donors (Lipinski definition) is 0. The summed E-state index contributed by atoms with van der Waals surface area (Å²) in [6, 6.07) is 43.3. The summed E-state index contributed by atoms with van der Waals surface area (Å²) in [6.07, 6.45) is 0. The lowest BCUT2D eigenvalue weighted by Gasteiger charge is -2.31. The fourth-order valence-corrected chi connectivity index (χ4v) is 4.49. The SMILES string of the molecule is CC(C)c1cc(-c2ccccc2)c2ccccc2c1N(c1ccccc1)c1ccccc1. The smallest absolute Gasteiger partial charge is 0.0575 e. The topological polar surface area (TPSA) is 3.24 Å². The zero-order valence-electron chi connectivity index (χ0n) is 18.6. The largest absolute Gasteiger partial charge is 0.310 e. The van der Waals surface area contributed by atoms with Gasteiger partial charge in [-0.2, -0.15) is 0 Å². The van der Waals surface area contributed by atoms with Gasteiger partial charge in [-0.25, -0.2) is 0 Å². The number of nitrogens with zero attached hydrogens (tertiary/aromatic N) is 1. The Labute approximate surface area is 190 Å². The molecule has 1 nitrogen and oxygen atoms in total. The second-order valence-electron chi connectivity index (χ2n) is 8.43. The van der Waals surface area contributed by atoms with E-state index in [1.54, 1.807) is 0 Å². The zero-order chi connectivity index (χ0) is 21.9. The van der Waals surface area contributed by atoms with E-state index in [-0.39, 0.29) is 0 Å². The van der Waals surface area contributed by atoms with Gasteiger partial charge >= 0.3 is 0 Å². The molecular weight excluding hydrogens is 386 g/mol. The van der Waals surface area contributed by atoms with Crippen LogP contribution in [0.15, 0.2) is 121 Å². The Bertz CT molecular complexity index is 1280. The molecule has 0 aliphatic carbocycles. The monoisotopic (exact) mass is 413 g/mol. The van der Waals surface area contributed by atoms with Crippen LogP contribution in [0.25, 0.3) is 21.9 Å². The highest BCUT2D eigenvalue weighted by atomic mass is 15.1. The highest BCUT2D eigenvalue weighted by molar-refractivity contribution is 6.07. The van der Waals surface area contributed by atoms with Crippen molar-refractivity contribution in [3.63, 3.8) is 0 Å². The first-order chi connectivity index (χ1) is 15.7. The lowest BCUT2D eigenvalue weighted by atomic mass is 9.89. The number of fused-ring (bicyclic) bond motifs is 1. The van der Waals surface area contributed by atoms with Crippen LogP contribution in [0.5, 0.6) is 0 Å². The molecule has 0 spiro atoms. The minimum atomic E-state index is 0.368. The van der Waals surface area contributed by atoms with Crippen molar-refractivity contribution < 1.29 is 0 Å². The Kier molecular flexibility index (Phi) is 5.47. The Morgan fingerprint density at radius 3 is 1.53 bits per heavy atom. The molecule has 0 aliphatic rings. The maximum atomic E-state index is 2.41. The molecule has 0 fully saturated rings. The van der Waals surface area contributed by atoms with E-state index in [2.05, 4.69) is 140 Å². The highest BCUT2D eigenvalue weighted by Gasteiger charge is 2.22. The molecule has 0 N–H and O–H groups in total. The van der Waals surface area contributed by atoms with Crippen molar-refractivity contribution in [3.8, 4) is 11.1 Å². The van der Waals surface area contributed by atoms with Crippen molar-refractivity contribution >= 4 is 27.8 Å². The maximum Gasteiger partial charge on any atom is 0.0575 e. The van der Waals surface area contributed by atoms with Gasteiger partial charge in [-0.05, 0) is 58.3 Å². The van der Waals surface area contributed by atoms with Gasteiger partial charge in [0.25, 0.3) is 0 Å². The van der Waals surface area contributed by atoms with E-state index in [9.17, 15) is 0 Å². The normalized spacial score (nSPS) is 11.1. The molecule has 32 heavy (non-hydrogen) atoms. The number of rotatable bonds is 5. The summed E-state index contributed by atoms with van der Waals surface area (Å²) in [5.74, 6) is 0.368. The number of anilines is 3. The van der Waals surface area contributed by atoms with E-state index >= 15 is 0 Å². The first kappa shape index (κ1) is 20.1. The number of hydrogen-bond acceptors (Lipinski definition) is 1. The Hall–Kier alpha value is -3.84. The lowest BCUT2D eigenvalue weighted by Crippen LogP contribution is -2.13. The van der Waals surface area contributed by atoms with Crippen LogP contribution in [0.1, 0.15) is 25.3 Å². The molecule has 5 aromatic rings. The number of para-hydroxylation sites is 2. The second kappa shape index (κ2) is 8.72. The van der Waals surface area contributed by atoms with Crippen LogP contribution in [-0.4, -0.2) is 0 Å². The van der Waals surface area contributed by atoms with Crippen LogP contribution < -0.4 is 4.90 Å². The summed E-state index contributed by atoms with van der Waals surface area (Å²) in [7, 11) is 0. The molecule has 0 radical (unpaired) electrons. The van der Waals surface area contributed by atoms with E-state index in [0.717, 1.165) is 0 Å². The molecule has 156 valence electrons. The molecule has 5 aromatic carbocycles. The quantitative estimate of drug-likeness (QED) is 0.278. The fourth-order valence-electron chi connectivity index (χ4n) is 4.49. The molecule has 0 aliphatic heterocycles. The second-order valence-corrected chi connectivity index (χ2v) is 8.43. The molecular formula is C31H27N. The van der Waals surface area contributed by atoms with Crippen LogP contribution in [0.3, 0.4) is 0 Å². The molecule has 1 heteroatoms. The first-order valence-electron chi connectivity index (χ1n) is 11.3. The molecule has 0 heterocycles. The maximum absolute atomic E-state index is 2.41. The molecule has 0 bridgehead atoms. The van der Waals surface area contributed by atoms with Crippen molar-refractivity contribution in [3.05, 3.63) is 127 Å². The van der Waals surface area contributed by atoms with Gasteiger partial charge in [0.15, 0.2) is 0 Å². The van der Waals surface area contributed by atoms with Crippen LogP contribution in [-0.2, 0) is 0 Å². The third kappa shape index (κ3) is 3.67. The van der Waals surface area contributed by atoms with Crippen molar-refractivity contribution in [2.75, 3.05) is 4.90 Å². The van der Waals surface area contributed by atoms with E-state index in [4.69, 9.17) is 0 Å². The molecule has 5 rings (SSSR count). The van der Waals surface area contributed by atoms with Crippen molar-refractivity contribution in [2.24, 2.45) is 0 Å². The Morgan fingerprint density at radius 1 is 0.531 bits per heavy atom. The summed E-state index contributed by atoms with van der Waals surface area (Å²) in [6.45, 7) is 4.58. The predicted molar refractivity (Wildman–Crippen MR) is 138 cm³/mol. The van der Waals surface area contributed by atoms with Crippen LogP contribution >= 0.6 is 0 Å². The van der Waals surface area contributed by atoms with Gasteiger partial charge in [-0.1, -0.05) is 105 Å². The summed E-state index contributed by atoms with van der Waals surface area (Å²) >= 11 is 0. The summed E-state index contributed by atoms with van der Waals surface area (Å²) in [5.41, 5.74) is 7.47. The number of benzene rings is 5. The fraction of sp³-hybridized carbons (Fsp3) is 0.0968. The molecule has 0 unspecified atom stereocenters. The Morgan fingerprint density at radius 2 is 1.00 bits per heavy atom. The van der Waals surface area contributed by atoms with Gasteiger partial charge in [-0.15, -0.1) is 0 Å².